The van der Waals surface area contributed by atoms with Crippen molar-refractivity contribution < 1.29 is 9.53 Å². The van der Waals surface area contributed by atoms with Gasteiger partial charge in [-0.25, -0.2) is 0 Å². The maximum Gasteiger partial charge on any atom is 0.325 e. The number of aromatic nitrogens is 2. The Hall–Kier alpha value is -1.36. The first-order chi connectivity index (χ1) is 9.19. The van der Waals surface area contributed by atoms with Crippen LogP contribution in [0.1, 0.15) is 59.0 Å². The smallest absolute Gasteiger partial charge is 0.325 e. The predicted octanol–water partition coefficient (Wildman–Crippen LogP) is 2.24. The molecule has 1 aromatic rings. The molecule has 0 saturated carbocycles. The number of hydrogen-bond acceptors (Lipinski definition) is 4. The Morgan fingerprint density at radius 3 is 2.45 bits per heavy atom. The normalized spacial score (nSPS) is 14.9. The van der Waals surface area contributed by atoms with Crippen LogP contribution >= 0.6 is 0 Å². The summed E-state index contributed by atoms with van der Waals surface area (Å²) in [5, 5.41) is 4.53. The van der Waals surface area contributed by atoms with Gasteiger partial charge in [0.2, 0.25) is 0 Å². The molecule has 1 aromatic heterocycles. The van der Waals surface area contributed by atoms with Crippen LogP contribution in [0.4, 0.5) is 0 Å². The lowest BCUT2D eigenvalue weighted by molar-refractivity contribution is -0.157. The number of rotatable bonds is 5. The lowest BCUT2D eigenvalue weighted by Crippen LogP contribution is -2.43. The number of aryl methyl sites for hydroxylation is 2. The van der Waals surface area contributed by atoms with Crippen LogP contribution in [0, 0.1) is 0 Å². The quantitative estimate of drug-likeness (QED) is 0.840. The van der Waals surface area contributed by atoms with Crippen molar-refractivity contribution in [2.45, 2.75) is 72.1 Å². The van der Waals surface area contributed by atoms with Crippen LogP contribution in [-0.2, 0) is 22.4 Å². The second-order valence-corrected chi connectivity index (χ2v) is 6.08. The molecule has 0 spiro atoms. The van der Waals surface area contributed by atoms with E-state index in [-0.39, 0.29) is 12.0 Å². The van der Waals surface area contributed by atoms with Crippen molar-refractivity contribution in [2.75, 3.05) is 0 Å². The van der Waals surface area contributed by atoms with E-state index in [1.54, 1.807) is 0 Å². The molecule has 0 aliphatic heterocycles. The summed E-state index contributed by atoms with van der Waals surface area (Å²) >= 11 is 0. The molecule has 0 aliphatic rings. The standard InChI is InChI=1S/C15H27N3O2/c1-7-11-9-12(8-2)18(17-11)10(3)13(16)14(19)20-15(4,5)6/h9-10,13H,7-8,16H2,1-6H3. The average Bonchev–Trinajstić information content (AvgIpc) is 2.78. The van der Waals surface area contributed by atoms with E-state index in [1.807, 2.05) is 32.4 Å². The summed E-state index contributed by atoms with van der Waals surface area (Å²) in [6.07, 6.45) is 1.73. The van der Waals surface area contributed by atoms with Gasteiger partial charge < -0.3 is 10.5 Å². The number of ether oxygens (including phenoxy) is 1. The largest absolute Gasteiger partial charge is 0.459 e. The van der Waals surface area contributed by atoms with E-state index in [4.69, 9.17) is 10.5 Å². The van der Waals surface area contributed by atoms with Gasteiger partial charge in [0, 0.05) is 5.69 Å². The third-order valence-corrected chi connectivity index (χ3v) is 3.17. The van der Waals surface area contributed by atoms with E-state index in [0.29, 0.717) is 0 Å². The Balaban J connectivity index is 2.90. The number of nitrogens with two attached hydrogens (primary N) is 1. The Bertz CT molecular complexity index is 460. The van der Waals surface area contributed by atoms with E-state index in [0.717, 1.165) is 24.2 Å². The van der Waals surface area contributed by atoms with Crippen LogP contribution in [0.25, 0.3) is 0 Å². The highest BCUT2D eigenvalue weighted by Crippen LogP contribution is 2.18. The minimum atomic E-state index is -0.718. The van der Waals surface area contributed by atoms with Gasteiger partial charge in [0.1, 0.15) is 11.6 Å². The van der Waals surface area contributed by atoms with Crippen molar-refractivity contribution >= 4 is 5.97 Å². The summed E-state index contributed by atoms with van der Waals surface area (Å²) in [4.78, 5) is 12.1. The van der Waals surface area contributed by atoms with Gasteiger partial charge in [-0.3, -0.25) is 9.48 Å². The molecular formula is C15H27N3O2. The average molecular weight is 281 g/mol. The van der Waals surface area contributed by atoms with Crippen LogP contribution in [0.2, 0.25) is 0 Å². The van der Waals surface area contributed by atoms with Gasteiger partial charge >= 0.3 is 5.97 Å². The zero-order valence-corrected chi connectivity index (χ0v) is 13.4. The van der Waals surface area contributed by atoms with E-state index in [9.17, 15) is 4.79 Å². The van der Waals surface area contributed by atoms with Crippen LogP contribution in [-0.4, -0.2) is 27.4 Å². The number of nitrogens with zero attached hydrogens (tertiary/aromatic N) is 2. The highest BCUT2D eigenvalue weighted by Gasteiger charge is 2.29. The van der Waals surface area contributed by atoms with Crippen molar-refractivity contribution in [1.82, 2.24) is 9.78 Å². The lowest BCUT2D eigenvalue weighted by Gasteiger charge is -2.26. The zero-order valence-electron chi connectivity index (χ0n) is 13.4. The Morgan fingerprint density at radius 1 is 1.40 bits per heavy atom. The van der Waals surface area contributed by atoms with E-state index in [1.165, 1.54) is 0 Å². The molecule has 0 aliphatic carbocycles. The molecule has 0 aromatic carbocycles. The van der Waals surface area contributed by atoms with Crippen LogP contribution in [0.5, 0.6) is 0 Å². The van der Waals surface area contributed by atoms with E-state index in [2.05, 4.69) is 25.0 Å². The zero-order chi connectivity index (χ0) is 15.5. The van der Waals surface area contributed by atoms with Crippen molar-refractivity contribution in [3.05, 3.63) is 17.5 Å². The van der Waals surface area contributed by atoms with Gasteiger partial charge in [0.25, 0.3) is 0 Å². The van der Waals surface area contributed by atoms with Gasteiger partial charge in [-0.15, -0.1) is 0 Å². The van der Waals surface area contributed by atoms with Gasteiger partial charge in [-0.2, -0.15) is 5.10 Å². The van der Waals surface area contributed by atoms with Crippen LogP contribution < -0.4 is 5.73 Å². The molecule has 1 heterocycles. The molecular weight excluding hydrogens is 254 g/mol. The van der Waals surface area contributed by atoms with Crippen molar-refractivity contribution in [2.24, 2.45) is 5.73 Å². The number of carbonyl (C=O) groups excluding carboxylic acids is 1. The van der Waals surface area contributed by atoms with E-state index >= 15 is 0 Å². The maximum atomic E-state index is 12.1. The first kappa shape index (κ1) is 16.7. The molecule has 0 saturated heterocycles. The summed E-state index contributed by atoms with van der Waals surface area (Å²) in [6.45, 7) is 11.5. The minimum absolute atomic E-state index is 0.222. The topological polar surface area (TPSA) is 70.1 Å². The summed E-state index contributed by atoms with van der Waals surface area (Å²) in [5.41, 5.74) is 7.62. The fraction of sp³-hybridized carbons (Fsp3) is 0.733. The van der Waals surface area contributed by atoms with Crippen molar-refractivity contribution in [3.8, 4) is 0 Å². The fourth-order valence-electron chi connectivity index (χ4n) is 2.00. The molecule has 0 bridgehead atoms. The summed E-state index contributed by atoms with van der Waals surface area (Å²) < 4.78 is 7.20. The monoisotopic (exact) mass is 281 g/mol. The number of esters is 1. The third kappa shape index (κ3) is 4.07. The second-order valence-electron chi connectivity index (χ2n) is 6.08. The summed E-state index contributed by atoms with van der Waals surface area (Å²) in [5.74, 6) is -0.388. The Kier molecular flexibility index (Phi) is 5.34. The molecule has 2 unspecified atom stereocenters. The van der Waals surface area contributed by atoms with Crippen LogP contribution in [0.3, 0.4) is 0 Å². The molecule has 20 heavy (non-hydrogen) atoms. The molecule has 114 valence electrons. The van der Waals surface area contributed by atoms with Gasteiger partial charge in [-0.05, 0) is 46.6 Å². The first-order valence-electron chi connectivity index (χ1n) is 7.25. The predicted molar refractivity (Wildman–Crippen MR) is 79.5 cm³/mol. The minimum Gasteiger partial charge on any atom is -0.459 e. The molecule has 2 atom stereocenters. The Labute approximate surface area is 121 Å². The molecule has 0 amide bonds. The molecule has 0 radical (unpaired) electrons. The first-order valence-corrected chi connectivity index (χ1v) is 7.25. The highest BCUT2D eigenvalue weighted by atomic mass is 16.6. The Morgan fingerprint density at radius 2 is 2.00 bits per heavy atom. The second kappa shape index (κ2) is 6.39. The fourth-order valence-corrected chi connectivity index (χ4v) is 2.00. The number of carbonyl (C=O) groups is 1. The lowest BCUT2D eigenvalue weighted by atomic mass is 10.1. The molecule has 5 nitrogen and oxygen atoms in total. The molecule has 5 heteroatoms. The van der Waals surface area contributed by atoms with Gasteiger partial charge in [-0.1, -0.05) is 13.8 Å². The molecule has 1 rings (SSSR count). The van der Waals surface area contributed by atoms with Gasteiger partial charge in [0.05, 0.1) is 11.7 Å². The maximum absolute atomic E-state index is 12.1. The highest BCUT2D eigenvalue weighted by molar-refractivity contribution is 5.76. The summed E-state index contributed by atoms with van der Waals surface area (Å²) in [6, 6.07) is 1.13. The van der Waals surface area contributed by atoms with Gasteiger partial charge in [0.15, 0.2) is 0 Å². The summed E-state index contributed by atoms with van der Waals surface area (Å²) in [7, 11) is 0. The van der Waals surface area contributed by atoms with E-state index < -0.39 is 11.6 Å². The van der Waals surface area contributed by atoms with Crippen molar-refractivity contribution in [3.63, 3.8) is 0 Å². The molecule has 2 N–H and O–H groups in total. The number of hydrogen-bond donors (Lipinski definition) is 1. The third-order valence-electron chi connectivity index (χ3n) is 3.17. The molecule has 0 fully saturated rings. The van der Waals surface area contributed by atoms with Crippen molar-refractivity contribution in [1.29, 1.82) is 0 Å². The SMILES string of the molecule is CCc1cc(CC)n(C(C)C(N)C(=O)OC(C)(C)C)n1. The van der Waals surface area contributed by atoms with Crippen LogP contribution in [0.15, 0.2) is 6.07 Å².